The van der Waals surface area contributed by atoms with E-state index in [1.165, 1.54) is 10.9 Å². The third-order valence-electron chi connectivity index (χ3n) is 3.36. The third-order valence-corrected chi connectivity index (χ3v) is 3.85. The molecule has 1 aromatic carbocycles. The first-order valence-corrected chi connectivity index (χ1v) is 7.96. The average molecular weight is 379 g/mol. The second-order valence-corrected chi connectivity index (χ2v) is 5.90. The molecule has 0 unspecified atom stereocenters. The smallest absolute Gasteiger partial charge is 0.261 e. The van der Waals surface area contributed by atoms with Crippen molar-refractivity contribution >= 4 is 26.8 Å². The van der Waals surface area contributed by atoms with Gasteiger partial charge in [0.1, 0.15) is 12.6 Å². The van der Waals surface area contributed by atoms with E-state index < -0.39 is 0 Å². The Labute approximate surface area is 140 Å². The molecule has 120 valence electrons. The van der Waals surface area contributed by atoms with Gasteiger partial charge in [0.25, 0.3) is 5.56 Å². The van der Waals surface area contributed by atoms with Gasteiger partial charge >= 0.3 is 0 Å². The monoisotopic (exact) mass is 378 g/mol. The standard InChI is InChI=1S/C15H15BrN4O3/c1-3-22-9(2)14-18-13(23-19-14)7-20-8-17-12-5-4-10(16)6-11(12)15(20)21/h4-6,8-9H,3,7H2,1-2H3/t9-/m1/s1. The lowest BCUT2D eigenvalue weighted by Crippen LogP contribution is -2.21. The van der Waals surface area contributed by atoms with E-state index in [1.54, 1.807) is 12.1 Å². The first kappa shape index (κ1) is 15.8. The molecule has 0 saturated carbocycles. The van der Waals surface area contributed by atoms with Crippen molar-refractivity contribution in [1.82, 2.24) is 19.7 Å². The molecule has 3 rings (SSSR count). The second-order valence-electron chi connectivity index (χ2n) is 4.98. The minimum Gasteiger partial charge on any atom is -0.371 e. The summed E-state index contributed by atoms with van der Waals surface area (Å²) < 4.78 is 12.9. The molecule has 0 radical (unpaired) electrons. The van der Waals surface area contributed by atoms with Gasteiger partial charge in [-0.2, -0.15) is 4.98 Å². The molecule has 0 aliphatic heterocycles. The van der Waals surface area contributed by atoms with E-state index in [-0.39, 0.29) is 18.2 Å². The van der Waals surface area contributed by atoms with Crippen LogP contribution >= 0.6 is 15.9 Å². The first-order chi connectivity index (χ1) is 11.1. The Morgan fingerprint density at radius 3 is 3.04 bits per heavy atom. The van der Waals surface area contributed by atoms with Crippen molar-refractivity contribution in [2.75, 3.05) is 6.61 Å². The van der Waals surface area contributed by atoms with Crippen LogP contribution in [0.15, 0.2) is 38.3 Å². The third kappa shape index (κ3) is 3.32. The number of halogens is 1. The van der Waals surface area contributed by atoms with Crippen LogP contribution in [0.2, 0.25) is 0 Å². The van der Waals surface area contributed by atoms with Gasteiger partial charge in [-0.15, -0.1) is 0 Å². The lowest BCUT2D eigenvalue weighted by atomic mass is 10.2. The normalized spacial score (nSPS) is 12.7. The van der Waals surface area contributed by atoms with Crippen molar-refractivity contribution in [2.45, 2.75) is 26.5 Å². The van der Waals surface area contributed by atoms with Gasteiger partial charge in [0.2, 0.25) is 5.89 Å². The molecule has 7 nitrogen and oxygen atoms in total. The summed E-state index contributed by atoms with van der Waals surface area (Å²) in [5.74, 6) is 0.802. The molecular weight excluding hydrogens is 364 g/mol. The fourth-order valence-corrected chi connectivity index (χ4v) is 2.57. The van der Waals surface area contributed by atoms with E-state index in [4.69, 9.17) is 9.26 Å². The van der Waals surface area contributed by atoms with Gasteiger partial charge in [-0.1, -0.05) is 21.1 Å². The van der Waals surface area contributed by atoms with Gasteiger partial charge < -0.3 is 9.26 Å². The molecular formula is C15H15BrN4O3. The van der Waals surface area contributed by atoms with Crippen LogP contribution in [0.4, 0.5) is 0 Å². The van der Waals surface area contributed by atoms with Crippen LogP contribution in [0.3, 0.4) is 0 Å². The summed E-state index contributed by atoms with van der Waals surface area (Å²) in [5, 5.41) is 4.41. The van der Waals surface area contributed by atoms with Gasteiger partial charge in [-0.05, 0) is 32.0 Å². The minimum absolute atomic E-state index is 0.158. The molecule has 0 saturated heterocycles. The van der Waals surface area contributed by atoms with Gasteiger partial charge in [0.15, 0.2) is 5.82 Å². The minimum atomic E-state index is -0.250. The average Bonchev–Trinajstić information content (AvgIpc) is 3.00. The highest BCUT2D eigenvalue weighted by Crippen LogP contribution is 2.16. The lowest BCUT2D eigenvalue weighted by Gasteiger charge is -2.05. The van der Waals surface area contributed by atoms with E-state index in [0.29, 0.717) is 29.2 Å². The van der Waals surface area contributed by atoms with Gasteiger partial charge in [-0.3, -0.25) is 9.36 Å². The summed E-state index contributed by atoms with van der Waals surface area (Å²) in [6.07, 6.45) is 1.23. The number of fused-ring (bicyclic) bond motifs is 1. The molecule has 0 fully saturated rings. The van der Waals surface area contributed by atoms with Crippen LogP contribution in [0.25, 0.3) is 10.9 Å². The van der Waals surface area contributed by atoms with Crippen molar-refractivity contribution < 1.29 is 9.26 Å². The van der Waals surface area contributed by atoms with Crippen LogP contribution in [0.1, 0.15) is 31.7 Å². The quantitative estimate of drug-likeness (QED) is 0.678. The summed E-state index contributed by atoms with van der Waals surface area (Å²) >= 11 is 3.36. The fraction of sp³-hybridized carbons (Fsp3) is 0.333. The number of rotatable bonds is 5. The summed E-state index contributed by atoms with van der Waals surface area (Å²) in [6, 6.07) is 5.38. The summed E-state index contributed by atoms with van der Waals surface area (Å²) in [7, 11) is 0. The number of benzene rings is 1. The molecule has 8 heteroatoms. The Kier molecular flexibility index (Phi) is 4.53. The summed E-state index contributed by atoms with van der Waals surface area (Å²) in [4.78, 5) is 21.1. The summed E-state index contributed by atoms with van der Waals surface area (Å²) in [6.45, 7) is 4.48. The molecule has 23 heavy (non-hydrogen) atoms. The second kappa shape index (κ2) is 6.59. The highest BCUT2D eigenvalue weighted by atomic mass is 79.9. The van der Waals surface area contributed by atoms with Crippen LogP contribution in [-0.4, -0.2) is 26.3 Å². The molecule has 0 aliphatic carbocycles. The fourth-order valence-electron chi connectivity index (χ4n) is 2.21. The molecule has 0 aliphatic rings. The molecule has 2 aromatic heterocycles. The predicted molar refractivity (Wildman–Crippen MR) is 87.1 cm³/mol. The maximum Gasteiger partial charge on any atom is 0.261 e. The number of hydrogen-bond donors (Lipinski definition) is 0. The van der Waals surface area contributed by atoms with Gasteiger partial charge in [0.05, 0.1) is 17.2 Å². The Hall–Kier alpha value is -2.06. The van der Waals surface area contributed by atoms with Crippen LogP contribution in [0, 0.1) is 0 Å². The number of aromatic nitrogens is 4. The van der Waals surface area contributed by atoms with E-state index >= 15 is 0 Å². The molecule has 0 bridgehead atoms. The zero-order valence-corrected chi connectivity index (χ0v) is 14.3. The highest BCUT2D eigenvalue weighted by Gasteiger charge is 2.15. The lowest BCUT2D eigenvalue weighted by molar-refractivity contribution is 0.0683. The van der Waals surface area contributed by atoms with E-state index in [0.717, 1.165) is 4.47 Å². The SMILES string of the molecule is CCO[C@H](C)c1noc(Cn2cnc3ccc(Br)cc3c2=O)n1. The number of nitrogens with zero attached hydrogens (tertiary/aromatic N) is 4. The first-order valence-electron chi connectivity index (χ1n) is 7.17. The van der Waals surface area contributed by atoms with Crippen molar-refractivity contribution in [3.63, 3.8) is 0 Å². The molecule has 0 spiro atoms. The van der Waals surface area contributed by atoms with Crippen LogP contribution in [-0.2, 0) is 11.3 Å². The molecule has 1 atom stereocenters. The Morgan fingerprint density at radius 1 is 1.43 bits per heavy atom. The largest absolute Gasteiger partial charge is 0.371 e. The summed E-state index contributed by atoms with van der Waals surface area (Å²) in [5.41, 5.74) is 0.486. The molecule has 2 heterocycles. The van der Waals surface area contributed by atoms with Crippen LogP contribution < -0.4 is 5.56 Å². The van der Waals surface area contributed by atoms with E-state index in [2.05, 4.69) is 31.1 Å². The Morgan fingerprint density at radius 2 is 2.26 bits per heavy atom. The number of hydrogen-bond acceptors (Lipinski definition) is 6. The molecule has 0 N–H and O–H groups in total. The van der Waals surface area contributed by atoms with E-state index in [9.17, 15) is 4.79 Å². The molecule has 3 aromatic rings. The topological polar surface area (TPSA) is 83.0 Å². The Bertz CT molecular complexity index is 890. The van der Waals surface area contributed by atoms with Gasteiger partial charge in [-0.25, -0.2) is 4.98 Å². The maximum absolute atomic E-state index is 12.5. The van der Waals surface area contributed by atoms with Crippen molar-refractivity contribution in [2.24, 2.45) is 0 Å². The van der Waals surface area contributed by atoms with Crippen LogP contribution in [0.5, 0.6) is 0 Å². The Balaban J connectivity index is 1.90. The zero-order valence-electron chi connectivity index (χ0n) is 12.7. The zero-order chi connectivity index (χ0) is 16.4. The van der Waals surface area contributed by atoms with Crippen molar-refractivity contribution in [3.05, 3.63) is 51.1 Å². The van der Waals surface area contributed by atoms with Crippen molar-refractivity contribution in [3.8, 4) is 0 Å². The van der Waals surface area contributed by atoms with Crippen molar-refractivity contribution in [1.29, 1.82) is 0 Å². The molecule has 0 amide bonds. The maximum atomic E-state index is 12.5. The van der Waals surface area contributed by atoms with E-state index in [1.807, 2.05) is 19.9 Å². The highest BCUT2D eigenvalue weighted by molar-refractivity contribution is 9.10. The van der Waals surface area contributed by atoms with Gasteiger partial charge in [0, 0.05) is 11.1 Å². The number of ether oxygens (including phenoxy) is 1. The predicted octanol–water partition coefficient (Wildman–Crippen LogP) is 2.69.